The molecular weight excluding hydrogens is 395 g/mol. The van der Waals surface area contributed by atoms with E-state index in [0.717, 1.165) is 24.2 Å². The molecule has 0 atom stereocenters. The number of hydrogen-bond donors (Lipinski definition) is 2. The highest BCUT2D eigenvalue weighted by molar-refractivity contribution is 7.12. The van der Waals surface area contributed by atoms with Gasteiger partial charge in [-0.25, -0.2) is 4.98 Å². The van der Waals surface area contributed by atoms with Gasteiger partial charge in [0.15, 0.2) is 11.5 Å². The number of halogens is 3. The summed E-state index contributed by atoms with van der Waals surface area (Å²) in [7, 11) is 0. The summed E-state index contributed by atoms with van der Waals surface area (Å²) in [5.74, 6) is -0.356. The van der Waals surface area contributed by atoms with Crippen molar-refractivity contribution < 1.29 is 22.8 Å². The molecule has 0 radical (unpaired) electrons. The zero-order valence-electron chi connectivity index (χ0n) is 14.3. The van der Waals surface area contributed by atoms with E-state index in [1.54, 1.807) is 22.2 Å². The third-order valence-electron chi connectivity index (χ3n) is 4.11. The van der Waals surface area contributed by atoms with Gasteiger partial charge in [-0.2, -0.15) is 13.2 Å². The topological polar surface area (TPSA) is 88.4 Å². The first-order valence-corrected chi connectivity index (χ1v) is 9.26. The zero-order chi connectivity index (χ0) is 19.9. The normalized spacial score (nSPS) is 14.2. The Labute approximate surface area is 160 Å². The average Bonchev–Trinajstić information content (AvgIpc) is 3.23. The lowest BCUT2D eigenvalue weighted by Gasteiger charge is -2.06. The molecule has 0 unspecified atom stereocenters. The van der Waals surface area contributed by atoms with Crippen molar-refractivity contribution in [3.8, 4) is 11.3 Å². The number of aromatic nitrogens is 3. The van der Waals surface area contributed by atoms with Crippen LogP contribution >= 0.6 is 11.3 Å². The Morgan fingerprint density at radius 3 is 2.79 bits per heavy atom. The number of nitrogens with one attached hydrogen (secondary N) is 2. The Kier molecular flexibility index (Phi) is 4.53. The van der Waals surface area contributed by atoms with Crippen LogP contribution in [0.5, 0.6) is 0 Å². The zero-order valence-corrected chi connectivity index (χ0v) is 15.1. The molecule has 1 fully saturated rings. The number of anilines is 1. The fraction of sp³-hybridized carbons (Fsp3) is 0.294. The monoisotopic (exact) mass is 409 g/mol. The van der Waals surface area contributed by atoms with Crippen LogP contribution < -0.4 is 10.6 Å². The highest BCUT2D eigenvalue weighted by atomic mass is 32.1. The molecule has 4 rings (SSSR count). The molecule has 2 amide bonds. The van der Waals surface area contributed by atoms with Crippen LogP contribution in [0.25, 0.3) is 16.9 Å². The summed E-state index contributed by atoms with van der Waals surface area (Å²) in [6.07, 6.45) is 2.17. The largest absolute Gasteiger partial charge is 0.405 e. The third-order valence-corrected chi connectivity index (χ3v) is 5.04. The number of rotatable bonds is 5. The second-order valence-electron chi connectivity index (χ2n) is 6.43. The van der Waals surface area contributed by atoms with E-state index in [2.05, 4.69) is 15.3 Å². The first-order chi connectivity index (χ1) is 13.3. The van der Waals surface area contributed by atoms with Crippen molar-refractivity contribution in [3.63, 3.8) is 0 Å². The van der Waals surface area contributed by atoms with Crippen LogP contribution in [-0.4, -0.2) is 38.9 Å². The second-order valence-corrected chi connectivity index (χ2v) is 7.34. The van der Waals surface area contributed by atoms with Gasteiger partial charge in [0.25, 0.3) is 5.91 Å². The minimum Gasteiger partial charge on any atom is -0.342 e. The molecule has 0 spiro atoms. The van der Waals surface area contributed by atoms with Crippen molar-refractivity contribution in [2.24, 2.45) is 5.92 Å². The lowest BCUT2D eigenvalue weighted by atomic mass is 10.2. The van der Waals surface area contributed by atoms with Gasteiger partial charge in [-0.1, -0.05) is 0 Å². The molecule has 7 nitrogen and oxygen atoms in total. The van der Waals surface area contributed by atoms with Crippen molar-refractivity contribution in [1.82, 2.24) is 19.7 Å². The SMILES string of the molecule is O=C(NCC(F)(F)F)c1cc(-c2cn3cc(NC(=O)C4CC4)nc3cn2)cs1. The van der Waals surface area contributed by atoms with Crippen molar-refractivity contribution in [3.05, 3.63) is 34.9 Å². The molecule has 0 bridgehead atoms. The standard InChI is InChI=1S/C17H14F3N5O2S/c18-17(19,20)8-22-16(27)12-3-10(7-28-12)11-5-25-6-13(23-14(25)4-21-11)24-15(26)9-1-2-9/h3-7,9H,1-2,8H2,(H,22,27)(H,24,26). The summed E-state index contributed by atoms with van der Waals surface area (Å²) in [4.78, 5) is 32.4. The van der Waals surface area contributed by atoms with E-state index >= 15 is 0 Å². The van der Waals surface area contributed by atoms with Crippen molar-refractivity contribution >= 4 is 34.6 Å². The van der Waals surface area contributed by atoms with E-state index in [1.165, 1.54) is 12.3 Å². The molecule has 11 heteroatoms. The Bertz CT molecular complexity index is 1050. The van der Waals surface area contributed by atoms with Crippen LogP contribution in [0.3, 0.4) is 0 Å². The lowest BCUT2D eigenvalue weighted by Crippen LogP contribution is -2.33. The molecule has 3 aromatic rings. The first-order valence-electron chi connectivity index (χ1n) is 8.38. The van der Waals surface area contributed by atoms with Crippen LogP contribution in [-0.2, 0) is 4.79 Å². The van der Waals surface area contributed by atoms with Gasteiger partial charge in [-0.3, -0.25) is 14.6 Å². The molecule has 28 heavy (non-hydrogen) atoms. The maximum absolute atomic E-state index is 12.2. The molecule has 0 saturated heterocycles. The van der Waals surface area contributed by atoms with Gasteiger partial charge in [0.2, 0.25) is 5.91 Å². The van der Waals surface area contributed by atoms with E-state index < -0.39 is 18.6 Å². The fourth-order valence-corrected chi connectivity index (χ4v) is 3.36. The smallest absolute Gasteiger partial charge is 0.342 e. The maximum atomic E-state index is 12.2. The van der Waals surface area contributed by atoms with Gasteiger partial charge in [0, 0.05) is 23.1 Å². The third kappa shape index (κ3) is 4.14. The summed E-state index contributed by atoms with van der Waals surface area (Å²) in [6, 6.07) is 1.48. The van der Waals surface area contributed by atoms with Crippen molar-refractivity contribution in [1.29, 1.82) is 0 Å². The summed E-state index contributed by atoms with van der Waals surface area (Å²) in [6.45, 7) is -1.38. The number of alkyl halides is 3. The quantitative estimate of drug-likeness (QED) is 0.678. The Hall–Kier alpha value is -2.95. The van der Waals surface area contributed by atoms with Gasteiger partial charge in [-0.15, -0.1) is 11.3 Å². The van der Waals surface area contributed by atoms with Crippen molar-refractivity contribution in [2.75, 3.05) is 11.9 Å². The number of nitrogens with zero attached hydrogens (tertiary/aromatic N) is 3. The average molecular weight is 409 g/mol. The van der Waals surface area contributed by atoms with Crippen LogP contribution in [0.15, 0.2) is 30.0 Å². The molecule has 1 saturated carbocycles. The van der Waals surface area contributed by atoms with Gasteiger partial charge < -0.3 is 15.0 Å². The maximum Gasteiger partial charge on any atom is 0.405 e. The van der Waals surface area contributed by atoms with E-state index in [0.29, 0.717) is 22.7 Å². The number of hydrogen-bond acceptors (Lipinski definition) is 5. The number of carbonyl (C=O) groups is 2. The summed E-state index contributed by atoms with van der Waals surface area (Å²) < 4.78 is 38.4. The van der Waals surface area contributed by atoms with Gasteiger partial charge in [0.05, 0.1) is 23.0 Å². The molecule has 1 aliphatic carbocycles. The molecule has 0 aromatic carbocycles. The lowest BCUT2D eigenvalue weighted by molar-refractivity contribution is -0.123. The van der Waals surface area contributed by atoms with Gasteiger partial charge in [0.1, 0.15) is 6.54 Å². The van der Waals surface area contributed by atoms with Crippen LogP contribution in [0.4, 0.5) is 19.0 Å². The Balaban J connectivity index is 1.50. The minimum absolute atomic E-state index is 0.0519. The van der Waals surface area contributed by atoms with E-state index in [4.69, 9.17) is 0 Å². The number of thiophene rings is 1. The van der Waals surface area contributed by atoms with Crippen LogP contribution in [0, 0.1) is 5.92 Å². The van der Waals surface area contributed by atoms with Crippen LogP contribution in [0.1, 0.15) is 22.5 Å². The predicted molar refractivity (Wildman–Crippen MR) is 96.0 cm³/mol. The summed E-state index contributed by atoms with van der Waals surface area (Å²) >= 11 is 1.03. The number of fused-ring (bicyclic) bond motifs is 1. The molecule has 1 aliphatic rings. The van der Waals surface area contributed by atoms with E-state index in [1.807, 2.05) is 5.32 Å². The highest BCUT2D eigenvalue weighted by Gasteiger charge is 2.30. The van der Waals surface area contributed by atoms with Gasteiger partial charge >= 0.3 is 6.18 Å². The van der Waals surface area contributed by atoms with Gasteiger partial charge in [-0.05, 0) is 18.9 Å². The Morgan fingerprint density at radius 2 is 2.07 bits per heavy atom. The molecular formula is C17H14F3N5O2S. The molecule has 3 aromatic heterocycles. The molecule has 3 heterocycles. The van der Waals surface area contributed by atoms with E-state index in [-0.39, 0.29) is 16.7 Å². The fourth-order valence-electron chi connectivity index (χ4n) is 2.54. The summed E-state index contributed by atoms with van der Waals surface area (Å²) in [5, 5.41) is 6.24. The summed E-state index contributed by atoms with van der Waals surface area (Å²) in [5.41, 5.74) is 1.66. The van der Waals surface area contributed by atoms with E-state index in [9.17, 15) is 22.8 Å². The number of imidazole rings is 1. The minimum atomic E-state index is -4.46. The van der Waals surface area contributed by atoms with Crippen LogP contribution in [0.2, 0.25) is 0 Å². The predicted octanol–water partition coefficient (Wildman–Crippen LogP) is 3.10. The number of carbonyl (C=O) groups excluding carboxylic acids is 2. The molecule has 0 aliphatic heterocycles. The molecule has 2 N–H and O–H groups in total. The second kappa shape index (κ2) is 6.89. The number of amides is 2. The van der Waals surface area contributed by atoms with Crippen molar-refractivity contribution in [2.45, 2.75) is 19.0 Å². The molecule has 146 valence electrons. The Morgan fingerprint density at radius 1 is 1.29 bits per heavy atom. The first kappa shape index (κ1) is 18.4. The highest BCUT2D eigenvalue weighted by Crippen LogP contribution is 2.30.